The van der Waals surface area contributed by atoms with Gasteiger partial charge >= 0.3 is 0 Å². The van der Waals surface area contributed by atoms with Crippen LogP contribution in [-0.4, -0.2) is 12.9 Å². The predicted molar refractivity (Wildman–Crippen MR) is 70.7 cm³/mol. The van der Waals surface area contributed by atoms with Gasteiger partial charge in [-0.2, -0.15) is 0 Å². The first-order chi connectivity index (χ1) is 8.72. The van der Waals surface area contributed by atoms with E-state index in [1.165, 1.54) is 0 Å². The molecule has 18 heavy (non-hydrogen) atoms. The molecule has 0 unspecified atom stereocenters. The van der Waals surface area contributed by atoms with Crippen molar-refractivity contribution in [3.05, 3.63) is 65.7 Å². The van der Waals surface area contributed by atoms with Gasteiger partial charge in [-0.15, -0.1) is 0 Å². The monoisotopic (exact) mass is 241 g/mol. The zero-order valence-corrected chi connectivity index (χ0v) is 10.2. The summed E-state index contributed by atoms with van der Waals surface area (Å²) >= 11 is 0. The maximum absolute atomic E-state index is 12.2. The van der Waals surface area contributed by atoms with Gasteiger partial charge in [-0.05, 0) is 29.8 Å². The highest BCUT2D eigenvalue weighted by molar-refractivity contribution is 6.00. The fourth-order valence-electron chi connectivity index (χ4n) is 1.75. The Hall–Kier alpha value is -2.13. The first-order valence-electron chi connectivity index (χ1n) is 5.71. The third kappa shape index (κ3) is 2.57. The Balaban J connectivity index is 2.20. The number of carbonyl (C=O) groups is 1. The number of carbonyl (C=O) groups excluding carboxylic acids is 1. The molecule has 2 N–H and O–H groups in total. The number of ether oxygens (including phenoxy) is 1. The second kappa shape index (κ2) is 5.47. The van der Waals surface area contributed by atoms with Crippen LogP contribution in [0.25, 0.3) is 0 Å². The van der Waals surface area contributed by atoms with Crippen molar-refractivity contribution in [2.75, 3.05) is 7.11 Å². The van der Waals surface area contributed by atoms with Crippen molar-refractivity contribution >= 4 is 5.78 Å². The number of methoxy groups -OCH3 is 1. The van der Waals surface area contributed by atoms with Gasteiger partial charge in [-0.1, -0.05) is 30.3 Å². The first-order valence-corrected chi connectivity index (χ1v) is 5.71. The van der Waals surface area contributed by atoms with Gasteiger partial charge in [0.1, 0.15) is 5.75 Å². The van der Waals surface area contributed by atoms with Crippen molar-refractivity contribution in [2.45, 2.75) is 6.04 Å². The van der Waals surface area contributed by atoms with Crippen molar-refractivity contribution < 1.29 is 9.53 Å². The van der Waals surface area contributed by atoms with Crippen LogP contribution in [0.5, 0.6) is 5.75 Å². The average Bonchev–Trinajstić information content (AvgIpc) is 2.47. The van der Waals surface area contributed by atoms with E-state index in [-0.39, 0.29) is 5.78 Å². The molecule has 0 amide bonds. The molecule has 0 saturated heterocycles. The van der Waals surface area contributed by atoms with Crippen LogP contribution in [0.1, 0.15) is 22.0 Å². The molecule has 0 heterocycles. The molecule has 0 radical (unpaired) electrons. The zero-order valence-electron chi connectivity index (χ0n) is 10.2. The Kier molecular flexibility index (Phi) is 3.75. The Labute approximate surface area is 106 Å². The lowest BCUT2D eigenvalue weighted by Gasteiger charge is -2.11. The highest BCUT2D eigenvalue weighted by Crippen LogP contribution is 2.18. The first kappa shape index (κ1) is 12.3. The summed E-state index contributed by atoms with van der Waals surface area (Å²) in [6.45, 7) is 0. The lowest BCUT2D eigenvalue weighted by molar-refractivity contribution is 0.0961. The van der Waals surface area contributed by atoms with Crippen LogP contribution >= 0.6 is 0 Å². The van der Waals surface area contributed by atoms with E-state index in [1.54, 1.807) is 31.4 Å². The fourth-order valence-corrected chi connectivity index (χ4v) is 1.75. The third-order valence-corrected chi connectivity index (χ3v) is 2.82. The Morgan fingerprint density at radius 2 is 1.67 bits per heavy atom. The second-order valence-electron chi connectivity index (χ2n) is 3.98. The van der Waals surface area contributed by atoms with Gasteiger partial charge in [0.15, 0.2) is 5.78 Å². The molecule has 92 valence electrons. The van der Waals surface area contributed by atoms with Crippen LogP contribution in [-0.2, 0) is 0 Å². The molecule has 0 bridgehead atoms. The molecule has 2 rings (SSSR count). The van der Waals surface area contributed by atoms with Gasteiger partial charge in [-0.3, -0.25) is 4.79 Å². The summed E-state index contributed by atoms with van der Waals surface area (Å²) in [5.74, 6) is 0.628. The molecule has 0 aliphatic carbocycles. The molecular formula is C15H15NO2. The van der Waals surface area contributed by atoms with E-state index in [1.807, 2.05) is 30.3 Å². The Morgan fingerprint density at radius 3 is 2.22 bits per heavy atom. The van der Waals surface area contributed by atoms with E-state index in [9.17, 15) is 4.79 Å². The summed E-state index contributed by atoms with van der Waals surface area (Å²) in [7, 11) is 1.59. The summed E-state index contributed by atoms with van der Waals surface area (Å²) in [5.41, 5.74) is 7.37. The fraction of sp³-hybridized carbons (Fsp3) is 0.133. The van der Waals surface area contributed by atoms with E-state index in [0.717, 1.165) is 11.3 Å². The number of ketones is 1. The molecule has 1 atom stereocenters. The van der Waals surface area contributed by atoms with E-state index < -0.39 is 6.04 Å². The molecule has 0 fully saturated rings. The number of nitrogens with two attached hydrogens (primary N) is 1. The molecule has 2 aromatic rings. The smallest absolute Gasteiger partial charge is 0.184 e. The van der Waals surface area contributed by atoms with Crippen molar-refractivity contribution in [3.63, 3.8) is 0 Å². The van der Waals surface area contributed by atoms with Gasteiger partial charge in [0, 0.05) is 5.56 Å². The molecule has 0 aromatic heterocycles. The lowest BCUT2D eigenvalue weighted by Crippen LogP contribution is -2.21. The number of hydrogen-bond acceptors (Lipinski definition) is 3. The van der Waals surface area contributed by atoms with Crippen LogP contribution in [0, 0.1) is 0 Å². The van der Waals surface area contributed by atoms with Crippen LogP contribution < -0.4 is 10.5 Å². The summed E-state index contributed by atoms with van der Waals surface area (Å²) in [5, 5.41) is 0. The third-order valence-electron chi connectivity index (χ3n) is 2.82. The number of rotatable bonds is 4. The molecule has 3 nitrogen and oxygen atoms in total. The van der Waals surface area contributed by atoms with Crippen molar-refractivity contribution in [1.82, 2.24) is 0 Å². The quantitative estimate of drug-likeness (QED) is 0.837. The highest BCUT2D eigenvalue weighted by atomic mass is 16.5. The van der Waals surface area contributed by atoms with Crippen molar-refractivity contribution in [2.24, 2.45) is 5.73 Å². The molecule has 2 aromatic carbocycles. The van der Waals surface area contributed by atoms with E-state index in [0.29, 0.717) is 5.56 Å². The minimum Gasteiger partial charge on any atom is -0.497 e. The summed E-state index contributed by atoms with van der Waals surface area (Å²) in [6.07, 6.45) is 0. The standard InChI is InChI=1S/C15H15NO2/c1-18-13-9-7-12(8-10-13)15(17)14(16)11-5-3-2-4-6-11/h2-10,14H,16H2,1H3/t14-/m0/s1. The maximum Gasteiger partial charge on any atom is 0.184 e. The summed E-state index contributed by atoms with van der Waals surface area (Å²) in [4.78, 5) is 12.2. The molecule has 3 heteroatoms. The summed E-state index contributed by atoms with van der Waals surface area (Å²) in [6, 6.07) is 15.7. The predicted octanol–water partition coefficient (Wildman–Crippen LogP) is 2.58. The second-order valence-corrected chi connectivity index (χ2v) is 3.98. The Bertz CT molecular complexity index is 520. The van der Waals surface area contributed by atoms with Gasteiger partial charge in [0.2, 0.25) is 0 Å². The maximum atomic E-state index is 12.2. The van der Waals surface area contributed by atoms with E-state index in [2.05, 4.69) is 0 Å². The minimum absolute atomic E-state index is 0.0937. The molecule has 0 spiro atoms. The van der Waals surface area contributed by atoms with Crippen LogP contribution in [0.15, 0.2) is 54.6 Å². The number of hydrogen-bond donors (Lipinski definition) is 1. The van der Waals surface area contributed by atoms with Gasteiger partial charge < -0.3 is 10.5 Å². The normalized spacial score (nSPS) is 11.9. The largest absolute Gasteiger partial charge is 0.497 e. The SMILES string of the molecule is COc1ccc(C(=O)[C@@H](N)c2ccccc2)cc1. The summed E-state index contributed by atoms with van der Waals surface area (Å²) < 4.78 is 5.05. The average molecular weight is 241 g/mol. The molecule has 0 aliphatic heterocycles. The number of benzene rings is 2. The topological polar surface area (TPSA) is 52.3 Å². The molecule has 0 saturated carbocycles. The van der Waals surface area contributed by atoms with Gasteiger partial charge in [0.25, 0.3) is 0 Å². The highest BCUT2D eigenvalue weighted by Gasteiger charge is 2.17. The minimum atomic E-state index is -0.625. The van der Waals surface area contributed by atoms with Crippen molar-refractivity contribution in [1.29, 1.82) is 0 Å². The van der Waals surface area contributed by atoms with Crippen LogP contribution in [0.3, 0.4) is 0 Å². The van der Waals surface area contributed by atoms with E-state index >= 15 is 0 Å². The number of Topliss-reactive ketones (excluding diaryl/α,β-unsaturated/α-hetero) is 1. The Morgan fingerprint density at radius 1 is 1.06 bits per heavy atom. The van der Waals surface area contributed by atoms with Gasteiger partial charge in [-0.25, -0.2) is 0 Å². The molecule has 0 aliphatic rings. The van der Waals surface area contributed by atoms with Crippen molar-refractivity contribution in [3.8, 4) is 5.75 Å². The van der Waals surface area contributed by atoms with E-state index in [4.69, 9.17) is 10.5 Å². The zero-order chi connectivity index (χ0) is 13.0. The lowest BCUT2D eigenvalue weighted by atomic mass is 9.98. The van der Waals surface area contributed by atoms with Crippen LogP contribution in [0.2, 0.25) is 0 Å². The molecular weight excluding hydrogens is 226 g/mol. The van der Waals surface area contributed by atoms with Crippen LogP contribution in [0.4, 0.5) is 0 Å². The van der Waals surface area contributed by atoms with Gasteiger partial charge in [0.05, 0.1) is 13.2 Å².